The third-order valence-corrected chi connectivity index (χ3v) is 6.16. The number of quaternary nitrogens is 1. The summed E-state index contributed by atoms with van der Waals surface area (Å²) in [5.41, 5.74) is -0.197. The van der Waals surface area contributed by atoms with Crippen LogP contribution >= 0.6 is 0 Å². The van der Waals surface area contributed by atoms with Crippen molar-refractivity contribution >= 4 is 17.5 Å². The average molecular weight is 469 g/mol. The lowest BCUT2D eigenvalue weighted by Gasteiger charge is -2.25. The van der Waals surface area contributed by atoms with Gasteiger partial charge in [-0.3, -0.25) is 4.79 Å². The molecule has 0 saturated heterocycles. The van der Waals surface area contributed by atoms with Crippen molar-refractivity contribution in [1.82, 2.24) is 9.13 Å². The third kappa shape index (κ3) is 4.44. The summed E-state index contributed by atoms with van der Waals surface area (Å²) >= 11 is 0. The Morgan fingerprint density at radius 2 is 1.91 bits per heavy atom. The van der Waals surface area contributed by atoms with Crippen LogP contribution in [0.4, 0.5) is 15.9 Å². The van der Waals surface area contributed by atoms with Gasteiger partial charge >= 0.3 is 23.1 Å². The van der Waals surface area contributed by atoms with E-state index in [1.165, 1.54) is 16.7 Å². The molecule has 1 aliphatic carbocycles. The van der Waals surface area contributed by atoms with E-state index < -0.39 is 16.7 Å². The fourth-order valence-electron chi connectivity index (χ4n) is 4.09. The van der Waals surface area contributed by atoms with E-state index in [0.29, 0.717) is 34.7 Å². The summed E-state index contributed by atoms with van der Waals surface area (Å²) in [6.45, 7) is 4.22. The van der Waals surface area contributed by atoms with Gasteiger partial charge in [0.1, 0.15) is 18.1 Å². The second-order valence-corrected chi connectivity index (χ2v) is 8.92. The van der Waals surface area contributed by atoms with Crippen LogP contribution in [0.3, 0.4) is 0 Å². The number of nitrogens with zero attached hydrogens (tertiary/aromatic N) is 2. The van der Waals surface area contributed by atoms with Crippen molar-refractivity contribution in [3.63, 3.8) is 0 Å². The Kier molecular flexibility index (Phi) is 6.49. The number of para-hydroxylation sites is 1. The maximum Gasteiger partial charge on any atom is 0.476 e. The maximum atomic E-state index is 14.0. The summed E-state index contributed by atoms with van der Waals surface area (Å²) in [4.78, 5) is 30.1. The predicted molar refractivity (Wildman–Crippen MR) is 126 cm³/mol. The zero-order chi connectivity index (χ0) is 24.5. The molecule has 1 aromatic heterocycles. The summed E-state index contributed by atoms with van der Waals surface area (Å²) in [6, 6.07) is 9.49. The summed E-state index contributed by atoms with van der Waals surface area (Å²) in [6.07, 6.45) is 6.64. The van der Waals surface area contributed by atoms with Crippen molar-refractivity contribution in [3.05, 3.63) is 86.9 Å². The molecule has 2 aliphatic rings. The van der Waals surface area contributed by atoms with Crippen molar-refractivity contribution < 1.29 is 24.1 Å². The smallest absolute Gasteiger partial charge is 0.396 e. The highest BCUT2D eigenvalue weighted by Crippen LogP contribution is 2.30. The monoisotopic (exact) mass is 468 g/mol. The van der Waals surface area contributed by atoms with Crippen molar-refractivity contribution in [2.75, 3.05) is 13.2 Å². The number of amidine groups is 1. The molecule has 1 aliphatic heterocycles. The molecule has 0 amide bonds. The minimum absolute atomic E-state index is 0.0995. The van der Waals surface area contributed by atoms with E-state index in [1.807, 2.05) is 32.0 Å². The average Bonchev–Trinajstić information content (AvgIpc) is 3.11. The first-order valence-corrected chi connectivity index (χ1v) is 11.2. The topological polar surface area (TPSA) is 91.9 Å². The summed E-state index contributed by atoms with van der Waals surface area (Å²) in [7, 11) is 1.59. The molecule has 1 atom stereocenters. The van der Waals surface area contributed by atoms with E-state index >= 15 is 0 Å². The van der Waals surface area contributed by atoms with Crippen LogP contribution in [-0.4, -0.2) is 33.4 Å². The number of rotatable bonds is 6. The van der Waals surface area contributed by atoms with Crippen molar-refractivity contribution in [1.29, 1.82) is 0 Å². The van der Waals surface area contributed by atoms with Crippen LogP contribution in [0.25, 0.3) is 0 Å². The van der Waals surface area contributed by atoms with Gasteiger partial charge in [0.25, 0.3) is 5.69 Å². The Morgan fingerprint density at radius 3 is 2.62 bits per heavy atom. The molecule has 0 saturated carbocycles. The quantitative estimate of drug-likeness (QED) is 0.556. The van der Waals surface area contributed by atoms with Gasteiger partial charge < -0.3 is 9.84 Å². The Hall–Kier alpha value is -3.56. The third-order valence-electron chi connectivity index (χ3n) is 6.16. The molecule has 3 N–H and O–H groups in total. The minimum Gasteiger partial charge on any atom is -0.396 e. The van der Waals surface area contributed by atoms with Gasteiger partial charge in [-0.1, -0.05) is 44.2 Å². The second kappa shape index (κ2) is 9.36. The molecule has 1 unspecified atom stereocenters. The molecule has 0 bridgehead atoms. The highest BCUT2D eigenvalue weighted by atomic mass is 19.1. The number of fused-ring (bicyclic) bond motifs is 1. The molecular formula is C25H29FN4O4+2. The van der Waals surface area contributed by atoms with Crippen LogP contribution in [0.2, 0.25) is 0 Å². The predicted octanol–water partition coefficient (Wildman–Crippen LogP) is -0.0177. The number of benzene rings is 1. The lowest BCUT2D eigenvalue weighted by atomic mass is 9.83. The second-order valence-electron chi connectivity index (χ2n) is 8.92. The number of aromatic nitrogens is 2. The zero-order valence-electron chi connectivity index (χ0n) is 19.5. The number of aliphatic hydroxyl groups excluding tert-OH is 1. The first-order chi connectivity index (χ1) is 16.2. The number of aliphatic hydroxyl groups is 1. The highest BCUT2D eigenvalue weighted by Gasteiger charge is 2.45. The molecule has 8 nitrogen and oxygen atoms in total. The fraction of sp³-hybridized carbons (Fsp3) is 0.320. The van der Waals surface area contributed by atoms with Gasteiger partial charge in [-0.05, 0) is 36.3 Å². The van der Waals surface area contributed by atoms with Crippen LogP contribution in [0.5, 0.6) is 5.75 Å². The number of allylic oxidation sites excluding steroid dienone is 5. The molecule has 2 heterocycles. The first kappa shape index (κ1) is 23.6. The molecule has 2 aromatic rings. The fourth-order valence-corrected chi connectivity index (χ4v) is 4.09. The molecule has 9 heteroatoms. The molecule has 0 fully saturated rings. The Bertz CT molecular complexity index is 1330. The van der Waals surface area contributed by atoms with Crippen LogP contribution in [0.15, 0.2) is 75.6 Å². The van der Waals surface area contributed by atoms with Gasteiger partial charge in [-0.15, -0.1) is 0 Å². The SMILES string of the molecule is Cn1c2c(c(=O)n(CCCO)c1=O)[NH+](CC1=CC=C(F)C=CC1(C)C)C(Oc1ccccc1)=[NH+]2. The molecule has 178 valence electrons. The largest absolute Gasteiger partial charge is 0.476 e. The van der Waals surface area contributed by atoms with E-state index in [1.54, 1.807) is 31.3 Å². The minimum atomic E-state index is -0.480. The molecule has 0 spiro atoms. The Labute approximate surface area is 196 Å². The number of nitrogens with one attached hydrogen (secondary N) is 2. The zero-order valence-corrected chi connectivity index (χ0v) is 19.5. The van der Waals surface area contributed by atoms with Crippen LogP contribution in [0, 0.1) is 5.41 Å². The summed E-state index contributed by atoms with van der Waals surface area (Å²) in [5.74, 6) is 0.567. The van der Waals surface area contributed by atoms with Crippen molar-refractivity contribution in [3.8, 4) is 5.75 Å². The summed E-state index contributed by atoms with van der Waals surface area (Å²) in [5, 5.41) is 9.24. The van der Waals surface area contributed by atoms with Gasteiger partial charge in [-0.2, -0.15) is 14.5 Å². The van der Waals surface area contributed by atoms with Gasteiger partial charge in [0.05, 0.1) is 7.05 Å². The van der Waals surface area contributed by atoms with Crippen LogP contribution in [0.1, 0.15) is 20.3 Å². The lowest BCUT2D eigenvalue weighted by Crippen LogP contribution is -3.14. The van der Waals surface area contributed by atoms with E-state index in [4.69, 9.17) is 4.74 Å². The molecular weight excluding hydrogens is 439 g/mol. The molecule has 1 aromatic carbocycles. The lowest BCUT2D eigenvalue weighted by molar-refractivity contribution is -0.748. The normalized spacial score (nSPS) is 18.6. The Balaban J connectivity index is 1.84. The van der Waals surface area contributed by atoms with Gasteiger partial charge in [0, 0.05) is 18.6 Å². The first-order valence-electron chi connectivity index (χ1n) is 11.2. The van der Waals surface area contributed by atoms with E-state index in [-0.39, 0.29) is 25.4 Å². The Morgan fingerprint density at radius 1 is 1.18 bits per heavy atom. The maximum absolute atomic E-state index is 14.0. The molecule has 4 rings (SSSR count). The van der Waals surface area contributed by atoms with Crippen LogP contribution in [-0.2, 0) is 13.6 Å². The summed E-state index contributed by atoms with van der Waals surface area (Å²) < 4.78 is 22.6. The van der Waals surface area contributed by atoms with E-state index in [2.05, 4.69) is 4.99 Å². The van der Waals surface area contributed by atoms with Crippen LogP contribution < -0.4 is 25.9 Å². The van der Waals surface area contributed by atoms with Gasteiger partial charge in [0.15, 0.2) is 0 Å². The van der Waals surface area contributed by atoms with Crippen molar-refractivity contribution in [2.45, 2.75) is 26.8 Å². The number of ether oxygens (including phenoxy) is 1. The molecule has 0 radical (unpaired) electrons. The van der Waals surface area contributed by atoms with Crippen molar-refractivity contribution in [2.24, 2.45) is 12.5 Å². The standard InChI is InChI=1S/C25H27FN4O4/c1-25(2)13-12-18(26)11-10-17(25)16-30-20-21(27-23(30)34-19-8-5-4-6-9-19)28(3)24(33)29(22(20)32)14-7-15-31/h4-6,8-13,31H,7,14-16H2,1-3H3/p+2. The van der Waals surface area contributed by atoms with Gasteiger partial charge in [0.2, 0.25) is 0 Å². The van der Waals surface area contributed by atoms with Gasteiger partial charge in [-0.25, -0.2) is 13.8 Å². The number of halogens is 1. The molecule has 34 heavy (non-hydrogen) atoms. The highest BCUT2D eigenvalue weighted by molar-refractivity contribution is 5.71. The van der Waals surface area contributed by atoms with E-state index in [9.17, 15) is 19.1 Å². The number of hydrogen-bond donors (Lipinski definition) is 3. The number of hydrogen-bond acceptors (Lipinski definition) is 4. The van der Waals surface area contributed by atoms with E-state index in [0.717, 1.165) is 10.1 Å².